The molecule has 0 unspecified atom stereocenters. The standard InChI is InChI=1S/C50H55ClF2N10O3/c1-30(64)61-19-15-45-42(29-61)48(62-18-3-4-32-21-40(34-27-55-60(2)28-34)41(47(52)53)23-46(32)62)59-63(45)37-13-16-50(17-14-37)24-31(25-50)20-36-8-12-44(58-57-36)49(65)56-35-6-10-38(11-7-35)66-39-9-5-33(26-54)43(51)22-39/h5,8-9,12,21-23,27-28,31,35,37-38,47H,3-4,6-7,10-11,13-20,24-25,29H2,1-2H3,(H,56,65). The molecule has 3 saturated carbocycles. The van der Waals surface area contributed by atoms with Crippen LogP contribution < -0.4 is 15.0 Å². The van der Waals surface area contributed by atoms with E-state index in [1.165, 1.54) is 5.69 Å². The van der Waals surface area contributed by atoms with Gasteiger partial charge in [0.1, 0.15) is 11.8 Å². The molecule has 0 radical (unpaired) electrons. The molecule has 0 atom stereocenters. The maximum atomic E-state index is 14.7. The van der Waals surface area contributed by atoms with Gasteiger partial charge in [-0.25, -0.2) is 8.78 Å². The van der Waals surface area contributed by atoms with Gasteiger partial charge in [-0.3, -0.25) is 19.0 Å². The van der Waals surface area contributed by atoms with Gasteiger partial charge in [0.25, 0.3) is 12.3 Å². The fraction of sp³-hybridized carbons (Fsp3) is 0.500. The Morgan fingerprint density at radius 1 is 1.02 bits per heavy atom. The quantitative estimate of drug-likeness (QED) is 0.145. The average molecular weight is 918 g/mol. The minimum absolute atomic E-state index is 0.0123. The molecule has 2 aromatic carbocycles. The first-order chi connectivity index (χ1) is 31.9. The molecule has 66 heavy (non-hydrogen) atoms. The van der Waals surface area contributed by atoms with Gasteiger partial charge in [0, 0.05) is 79.9 Å². The van der Waals surface area contributed by atoms with E-state index in [0.717, 1.165) is 112 Å². The van der Waals surface area contributed by atoms with E-state index in [0.29, 0.717) is 70.5 Å². The number of aromatic nitrogens is 6. The van der Waals surface area contributed by atoms with Crippen molar-refractivity contribution in [1.29, 1.82) is 5.26 Å². The van der Waals surface area contributed by atoms with Crippen LogP contribution in [0.2, 0.25) is 5.02 Å². The summed E-state index contributed by atoms with van der Waals surface area (Å²) >= 11 is 6.17. The van der Waals surface area contributed by atoms with Crippen LogP contribution in [0.4, 0.5) is 20.3 Å². The summed E-state index contributed by atoms with van der Waals surface area (Å²) in [6.07, 6.45) is 13.7. The number of ether oxygens (including phenoxy) is 1. The normalized spacial score (nSPS) is 23.8. The molecule has 5 aliphatic rings. The SMILES string of the molecule is CC(=O)N1CCc2c(c(N3CCCc4cc(-c5cnn(C)c5)c(C(F)F)cc43)nn2C2CCC3(CC2)CC(Cc2ccc(C(=O)NC4CCC(Oc5ccc(C#N)c(Cl)c5)CC4)nn2)C3)C1. The molecule has 3 aliphatic carbocycles. The van der Waals surface area contributed by atoms with E-state index in [1.54, 1.807) is 61.4 Å². The van der Waals surface area contributed by atoms with E-state index in [1.807, 2.05) is 17.0 Å². The number of carbonyl (C=O) groups excluding carboxylic acids is 2. The van der Waals surface area contributed by atoms with Gasteiger partial charge in [0.05, 0.1) is 41.2 Å². The van der Waals surface area contributed by atoms with Crippen LogP contribution in [0, 0.1) is 22.7 Å². The summed E-state index contributed by atoms with van der Waals surface area (Å²) in [5.74, 6) is 1.77. The Hall–Kier alpha value is -5.88. The summed E-state index contributed by atoms with van der Waals surface area (Å²) < 4.78 is 39.5. The van der Waals surface area contributed by atoms with E-state index in [2.05, 4.69) is 36.3 Å². The minimum atomic E-state index is -2.66. The zero-order chi connectivity index (χ0) is 45.7. The number of nitriles is 1. The van der Waals surface area contributed by atoms with Crippen molar-refractivity contribution in [1.82, 2.24) is 40.0 Å². The van der Waals surface area contributed by atoms with Gasteiger partial charge in [-0.1, -0.05) is 11.6 Å². The second-order valence-corrected chi connectivity index (χ2v) is 19.8. The molecule has 5 aromatic rings. The summed E-state index contributed by atoms with van der Waals surface area (Å²) in [5.41, 5.74) is 7.13. The molecule has 0 saturated heterocycles. The minimum Gasteiger partial charge on any atom is -0.490 e. The van der Waals surface area contributed by atoms with Crippen LogP contribution in [0.15, 0.2) is 54.9 Å². The van der Waals surface area contributed by atoms with E-state index in [4.69, 9.17) is 26.7 Å². The van der Waals surface area contributed by atoms with Gasteiger partial charge in [-0.15, -0.1) is 5.10 Å². The monoisotopic (exact) mass is 916 g/mol. The number of halogens is 3. The highest BCUT2D eigenvalue weighted by molar-refractivity contribution is 6.31. The van der Waals surface area contributed by atoms with Crippen LogP contribution >= 0.6 is 11.6 Å². The zero-order valence-corrected chi connectivity index (χ0v) is 38.2. The van der Waals surface area contributed by atoms with Crippen LogP contribution in [0.3, 0.4) is 0 Å². The Morgan fingerprint density at radius 2 is 1.82 bits per heavy atom. The van der Waals surface area contributed by atoms with E-state index < -0.39 is 6.43 Å². The van der Waals surface area contributed by atoms with Crippen molar-refractivity contribution in [3.63, 3.8) is 0 Å². The molecule has 0 bridgehead atoms. The topological polar surface area (TPSA) is 147 Å². The lowest BCUT2D eigenvalue weighted by Gasteiger charge is -2.52. The molecule has 5 heterocycles. The lowest BCUT2D eigenvalue weighted by Crippen LogP contribution is -2.42. The molecule has 1 N–H and O–H groups in total. The van der Waals surface area contributed by atoms with Crippen LogP contribution in [0.1, 0.15) is 134 Å². The van der Waals surface area contributed by atoms with Crippen LogP contribution in [-0.4, -0.2) is 71.7 Å². The lowest BCUT2D eigenvalue weighted by molar-refractivity contribution is -0.129. The summed E-state index contributed by atoms with van der Waals surface area (Å²) in [5, 5.41) is 31.1. The third-order valence-electron chi connectivity index (χ3n) is 15.0. The highest BCUT2D eigenvalue weighted by Crippen LogP contribution is 2.57. The second kappa shape index (κ2) is 18.1. The number of alkyl halides is 2. The maximum absolute atomic E-state index is 14.7. The largest absolute Gasteiger partial charge is 0.490 e. The molecule has 1 spiro atoms. The average Bonchev–Trinajstić information content (AvgIpc) is 3.92. The Bertz CT molecular complexity index is 2670. The molecular weight excluding hydrogens is 862 g/mol. The lowest BCUT2D eigenvalue weighted by atomic mass is 9.54. The molecule has 13 nitrogen and oxygen atoms in total. The van der Waals surface area contributed by atoms with E-state index in [-0.39, 0.29) is 35.6 Å². The molecule has 16 heteroatoms. The summed E-state index contributed by atoms with van der Waals surface area (Å²) in [4.78, 5) is 29.8. The first-order valence-corrected chi connectivity index (χ1v) is 23.9. The Morgan fingerprint density at radius 3 is 2.50 bits per heavy atom. The van der Waals surface area contributed by atoms with Crippen molar-refractivity contribution in [2.45, 2.75) is 128 Å². The highest BCUT2D eigenvalue weighted by Gasteiger charge is 2.47. The van der Waals surface area contributed by atoms with Crippen molar-refractivity contribution in [2.24, 2.45) is 18.4 Å². The number of hydrogen-bond acceptors (Lipinski definition) is 9. The Labute approximate surface area is 388 Å². The second-order valence-electron chi connectivity index (χ2n) is 19.3. The number of rotatable bonds is 10. The third kappa shape index (κ3) is 8.76. The Balaban J connectivity index is 0.752. The first-order valence-electron chi connectivity index (χ1n) is 23.5. The smallest absolute Gasteiger partial charge is 0.272 e. The van der Waals surface area contributed by atoms with Crippen molar-refractivity contribution >= 4 is 34.9 Å². The van der Waals surface area contributed by atoms with Gasteiger partial charge in [0.15, 0.2) is 11.5 Å². The van der Waals surface area contributed by atoms with Crippen molar-refractivity contribution in [3.8, 4) is 22.9 Å². The van der Waals surface area contributed by atoms with Crippen LogP contribution in [0.5, 0.6) is 5.75 Å². The van der Waals surface area contributed by atoms with Gasteiger partial charge < -0.3 is 19.9 Å². The number of carbonyl (C=O) groups is 2. The van der Waals surface area contributed by atoms with Gasteiger partial charge in [-0.05, 0) is 142 Å². The highest BCUT2D eigenvalue weighted by atomic mass is 35.5. The van der Waals surface area contributed by atoms with Crippen LogP contribution in [0.25, 0.3) is 11.1 Å². The summed E-state index contributed by atoms with van der Waals surface area (Å²) in [7, 11) is 1.79. The first kappa shape index (κ1) is 44.0. The molecular formula is C50H55ClF2N10O3. The number of benzene rings is 2. The van der Waals surface area contributed by atoms with Crippen LogP contribution in [-0.2, 0) is 37.6 Å². The number of amides is 2. The van der Waals surface area contributed by atoms with Crippen molar-refractivity contribution in [2.75, 3.05) is 18.0 Å². The maximum Gasteiger partial charge on any atom is 0.272 e. The van der Waals surface area contributed by atoms with Gasteiger partial charge >= 0.3 is 0 Å². The van der Waals surface area contributed by atoms with E-state index in [9.17, 15) is 18.4 Å². The van der Waals surface area contributed by atoms with E-state index >= 15 is 0 Å². The fourth-order valence-electron chi connectivity index (χ4n) is 11.6. The molecule has 3 fully saturated rings. The number of hydrogen-bond donors (Lipinski definition) is 1. The summed E-state index contributed by atoms with van der Waals surface area (Å²) in [6, 6.07) is 14.7. The fourth-order valence-corrected chi connectivity index (χ4v) is 11.8. The third-order valence-corrected chi connectivity index (χ3v) is 15.3. The Kier molecular flexibility index (Phi) is 12.0. The van der Waals surface area contributed by atoms with Crippen molar-refractivity contribution < 1.29 is 23.1 Å². The number of anilines is 2. The predicted molar refractivity (Wildman–Crippen MR) is 245 cm³/mol. The molecule has 3 aromatic heterocycles. The molecule has 2 amide bonds. The number of aryl methyl sites for hydroxylation is 2. The van der Waals surface area contributed by atoms with Crippen molar-refractivity contribution in [3.05, 3.63) is 99.2 Å². The van der Waals surface area contributed by atoms with Gasteiger partial charge in [-0.2, -0.15) is 20.6 Å². The number of fused-ring (bicyclic) bond motifs is 2. The number of nitrogens with one attached hydrogen (secondary N) is 1. The zero-order valence-electron chi connectivity index (χ0n) is 37.5. The molecule has 344 valence electrons. The summed E-state index contributed by atoms with van der Waals surface area (Å²) in [6.45, 7) is 3.37. The molecule has 2 aliphatic heterocycles. The molecule has 10 rings (SSSR count). The number of nitrogens with zero attached hydrogens (tertiary/aromatic N) is 9. The predicted octanol–water partition coefficient (Wildman–Crippen LogP) is 9.40. The van der Waals surface area contributed by atoms with Gasteiger partial charge in [0.2, 0.25) is 5.91 Å².